The van der Waals surface area contributed by atoms with Crippen molar-refractivity contribution in [3.8, 4) is 0 Å². The Hall–Kier alpha value is -1.93. The number of benzene rings is 2. The molecular weight excluding hydrogens is 389 g/mol. The Bertz CT molecular complexity index is 856. The summed E-state index contributed by atoms with van der Waals surface area (Å²) in [6.45, 7) is 5.83. The van der Waals surface area contributed by atoms with Crippen molar-refractivity contribution in [2.45, 2.75) is 37.6 Å². The molecule has 3 rings (SSSR count). The molecule has 0 aromatic heterocycles. The zero-order valence-corrected chi connectivity index (χ0v) is 17.9. The lowest BCUT2D eigenvalue weighted by molar-refractivity contribution is 0.102. The van der Waals surface area contributed by atoms with E-state index in [1.807, 2.05) is 0 Å². The molecule has 0 saturated carbocycles. The summed E-state index contributed by atoms with van der Waals surface area (Å²) in [5.74, 6) is -0.147. The number of halogens is 1. The van der Waals surface area contributed by atoms with Crippen molar-refractivity contribution in [1.29, 1.82) is 0 Å². The average Bonchev–Trinajstić information content (AvgIpc) is 2.71. The van der Waals surface area contributed by atoms with E-state index in [0.717, 1.165) is 25.9 Å². The Morgan fingerprint density at radius 1 is 1.24 bits per heavy atom. The van der Waals surface area contributed by atoms with Gasteiger partial charge in [-0.05, 0) is 88.6 Å². The van der Waals surface area contributed by atoms with Crippen molar-refractivity contribution in [3.63, 3.8) is 0 Å². The van der Waals surface area contributed by atoms with Crippen molar-refractivity contribution in [2.24, 2.45) is 5.92 Å². The van der Waals surface area contributed by atoms with Gasteiger partial charge in [-0.25, -0.2) is 4.39 Å². The minimum Gasteiger partial charge on any atom is -0.593 e. The number of rotatable bonds is 6. The van der Waals surface area contributed by atoms with Crippen LogP contribution in [0.15, 0.2) is 47.4 Å². The highest BCUT2D eigenvalue weighted by molar-refractivity contribution is 7.89. The van der Waals surface area contributed by atoms with Crippen LogP contribution in [0.4, 0.5) is 10.1 Å². The molecule has 1 fully saturated rings. The molecule has 1 heterocycles. The van der Waals surface area contributed by atoms with Crippen molar-refractivity contribution in [2.75, 3.05) is 25.5 Å². The van der Waals surface area contributed by atoms with Gasteiger partial charge in [0.15, 0.2) is 4.90 Å². The minimum atomic E-state index is -1.40. The number of hydrogen-bond donors (Lipinski definition) is 2. The van der Waals surface area contributed by atoms with E-state index in [2.05, 4.69) is 28.9 Å². The van der Waals surface area contributed by atoms with Crippen LogP contribution in [0.5, 0.6) is 0 Å². The van der Waals surface area contributed by atoms with Gasteiger partial charge in [-0.1, -0.05) is 6.07 Å². The Labute approximate surface area is 175 Å². The number of carbonyl (C=O) groups is 1. The number of piperidine rings is 1. The zero-order valence-electron chi connectivity index (χ0n) is 17.1. The smallest absolute Gasteiger partial charge is 0.255 e. The van der Waals surface area contributed by atoms with Crippen LogP contribution >= 0.6 is 0 Å². The molecule has 0 bridgehead atoms. The third-order valence-corrected chi connectivity index (χ3v) is 6.76. The van der Waals surface area contributed by atoms with E-state index in [4.69, 9.17) is 0 Å². The second-order valence-electron chi connectivity index (χ2n) is 7.76. The van der Waals surface area contributed by atoms with Crippen LogP contribution in [0, 0.1) is 18.7 Å². The molecule has 2 unspecified atom stereocenters. The molecule has 1 amide bonds. The van der Waals surface area contributed by atoms with Gasteiger partial charge in [0.1, 0.15) is 5.82 Å². The fraction of sp³-hybridized carbons (Fsp3) is 0.409. The van der Waals surface area contributed by atoms with Gasteiger partial charge in [0, 0.05) is 17.3 Å². The molecule has 1 saturated heterocycles. The first-order valence-corrected chi connectivity index (χ1v) is 11.0. The van der Waals surface area contributed by atoms with E-state index in [0.29, 0.717) is 27.6 Å². The van der Waals surface area contributed by atoms with E-state index in [1.54, 1.807) is 37.3 Å². The third kappa shape index (κ3) is 5.79. The minimum absolute atomic E-state index is 0.129. The van der Waals surface area contributed by atoms with Gasteiger partial charge in [-0.3, -0.25) is 4.79 Å². The number of nitrogens with one attached hydrogen (secondary N) is 2. The monoisotopic (exact) mass is 417 g/mol. The summed E-state index contributed by atoms with van der Waals surface area (Å²) in [7, 11) is 2.12. The van der Waals surface area contributed by atoms with Crippen LogP contribution in [-0.4, -0.2) is 41.5 Å². The van der Waals surface area contributed by atoms with Gasteiger partial charge >= 0.3 is 0 Å². The number of hydrogen-bond acceptors (Lipinski definition) is 4. The molecule has 29 heavy (non-hydrogen) atoms. The molecule has 2 aromatic rings. The lowest BCUT2D eigenvalue weighted by atomic mass is 9.91. The van der Waals surface area contributed by atoms with Gasteiger partial charge in [0.25, 0.3) is 5.91 Å². The summed E-state index contributed by atoms with van der Waals surface area (Å²) in [4.78, 5) is 15.4. The van der Waals surface area contributed by atoms with E-state index < -0.39 is 11.4 Å². The standard InChI is InChI=1S/C22H28FN3O2S/c1-15-13-19(7-8-21(15)23)24-22(27)18-5-4-6-20(14-18)29(28)25-16(2)17-9-11-26(3)12-10-17/h4-8,13-14,16-17,25H,9-12H2,1-3H3,(H,24,27). The maximum Gasteiger partial charge on any atom is 0.255 e. The molecule has 0 spiro atoms. The first-order valence-electron chi connectivity index (χ1n) is 9.87. The molecular formula is C22H28FN3O2S. The molecule has 2 aromatic carbocycles. The molecule has 1 aliphatic rings. The Balaban J connectivity index is 1.63. The first kappa shape index (κ1) is 21.8. The highest BCUT2D eigenvalue weighted by atomic mass is 32.2. The van der Waals surface area contributed by atoms with Gasteiger partial charge in [-0.2, -0.15) is 0 Å². The van der Waals surface area contributed by atoms with Crippen LogP contribution < -0.4 is 10.0 Å². The lowest BCUT2D eigenvalue weighted by Crippen LogP contribution is -2.43. The van der Waals surface area contributed by atoms with Crippen LogP contribution in [0.3, 0.4) is 0 Å². The maximum atomic E-state index is 13.4. The van der Waals surface area contributed by atoms with Crippen LogP contribution in [0.25, 0.3) is 0 Å². The molecule has 1 aliphatic heterocycles. The molecule has 5 nitrogen and oxygen atoms in total. The molecule has 0 aliphatic carbocycles. The number of likely N-dealkylation sites (tertiary alicyclic amines) is 1. The molecule has 0 radical (unpaired) electrons. The van der Waals surface area contributed by atoms with E-state index in [1.165, 1.54) is 12.1 Å². The van der Waals surface area contributed by atoms with Crippen LogP contribution in [0.2, 0.25) is 0 Å². The Morgan fingerprint density at radius 3 is 2.66 bits per heavy atom. The highest BCUT2D eigenvalue weighted by Gasteiger charge is 2.26. The fourth-order valence-electron chi connectivity index (χ4n) is 3.54. The van der Waals surface area contributed by atoms with Crippen molar-refractivity contribution in [1.82, 2.24) is 9.62 Å². The summed E-state index contributed by atoms with van der Waals surface area (Å²) >= 11 is -1.40. The second-order valence-corrected chi connectivity index (χ2v) is 9.01. The maximum absolute atomic E-state index is 13.4. The van der Waals surface area contributed by atoms with Crippen molar-refractivity contribution >= 4 is 23.0 Å². The number of nitrogens with zero attached hydrogens (tertiary/aromatic N) is 1. The molecule has 2 N–H and O–H groups in total. The van der Waals surface area contributed by atoms with Gasteiger partial charge in [-0.15, -0.1) is 4.72 Å². The highest BCUT2D eigenvalue weighted by Crippen LogP contribution is 2.22. The predicted octanol–water partition coefficient (Wildman–Crippen LogP) is 3.73. The number of amides is 1. The van der Waals surface area contributed by atoms with Gasteiger partial charge < -0.3 is 14.8 Å². The molecule has 7 heteroatoms. The largest absolute Gasteiger partial charge is 0.593 e. The second kappa shape index (κ2) is 9.71. The first-order chi connectivity index (χ1) is 13.8. The van der Waals surface area contributed by atoms with E-state index >= 15 is 0 Å². The topological polar surface area (TPSA) is 67.4 Å². The molecule has 2 atom stereocenters. The summed E-state index contributed by atoms with van der Waals surface area (Å²) < 4.78 is 29.4. The van der Waals surface area contributed by atoms with E-state index in [-0.39, 0.29) is 17.8 Å². The van der Waals surface area contributed by atoms with Gasteiger partial charge in [0.2, 0.25) is 0 Å². The van der Waals surface area contributed by atoms with Crippen molar-refractivity contribution in [3.05, 3.63) is 59.4 Å². The average molecular weight is 418 g/mol. The normalized spacial score (nSPS) is 17.7. The van der Waals surface area contributed by atoms with Crippen molar-refractivity contribution < 1.29 is 13.7 Å². The van der Waals surface area contributed by atoms with Crippen LogP contribution in [-0.2, 0) is 11.4 Å². The summed E-state index contributed by atoms with van der Waals surface area (Å²) in [5, 5.41) is 2.76. The van der Waals surface area contributed by atoms with Crippen LogP contribution in [0.1, 0.15) is 35.7 Å². The lowest BCUT2D eigenvalue weighted by Gasteiger charge is -2.32. The number of carbonyl (C=O) groups excluding carboxylic acids is 1. The van der Waals surface area contributed by atoms with Gasteiger partial charge in [0.05, 0.1) is 17.4 Å². The Kier molecular flexibility index (Phi) is 7.29. The van der Waals surface area contributed by atoms with E-state index in [9.17, 15) is 13.7 Å². The third-order valence-electron chi connectivity index (χ3n) is 5.49. The fourth-order valence-corrected chi connectivity index (χ4v) is 4.64. The summed E-state index contributed by atoms with van der Waals surface area (Å²) in [6, 6.07) is 11.3. The number of aryl methyl sites for hydroxylation is 1. The SMILES string of the molecule is Cc1cc(NC(=O)c2cccc([S+]([O-])NC(C)C3CCN(C)CC3)c2)ccc1F. The summed E-state index contributed by atoms with van der Waals surface area (Å²) in [6.07, 6.45) is 2.17. The molecule has 156 valence electrons. The summed E-state index contributed by atoms with van der Waals surface area (Å²) in [5.41, 5.74) is 1.39. The quantitative estimate of drug-likeness (QED) is 0.703. The Morgan fingerprint density at radius 2 is 1.97 bits per heavy atom. The number of anilines is 1. The predicted molar refractivity (Wildman–Crippen MR) is 115 cm³/mol. The zero-order chi connectivity index (χ0) is 21.0.